The van der Waals surface area contributed by atoms with E-state index >= 15 is 0 Å². The number of aliphatic carboxylic acids is 1. The maximum Gasteiger partial charge on any atom is 0.330 e. The number of fused-ring (bicyclic) bond motifs is 1. The van der Waals surface area contributed by atoms with Crippen molar-refractivity contribution in [3.8, 4) is 0 Å². The zero-order chi connectivity index (χ0) is 16.9. The van der Waals surface area contributed by atoms with Crippen molar-refractivity contribution >= 4 is 22.6 Å². The average molecular weight is 319 g/mol. The Morgan fingerprint density at radius 3 is 2.29 bits per heavy atom. The third-order valence-electron chi connectivity index (χ3n) is 3.92. The second-order valence-electron chi connectivity index (χ2n) is 5.56. The van der Waals surface area contributed by atoms with Crippen LogP contribution in [0.15, 0.2) is 72.8 Å². The molecule has 0 fully saturated rings. The molecule has 1 atom stereocenters. The zero-order valence-electron chi connectivity index (χ0n) is 13.0. The molecule has 3 aromatic rings. The van der Waals surface area contributed by atoms with E-state index < -0.39 is 12.0 Å². The Labute approximate surface area is 139 Å². The SMILES string of the molecule is O=C(Cc1cccc2ccccc12)N[C@H](C(=O)O)c1ccccc1. The zero-order valence-corrected chi connectivity index (χ0v) is 13.0. The molecule has 3 aromatic carbocycles. The number of amides is 1. The molecule has 0 aliphatic rings. The lowest BCUT2D eigenvalue weighted by Gasteiger charge is -2.15. The standard InChI is InChI=1S/C20H17NO3/c22-18(21-19(20(23)24)15-8-2-1-3-9-15)13-16-11-6-10-14-7-4-5-12-17(14)16/h1-12,19H,13H2,(H,21,22)(H,23,24)/t19-/m0/s1. The molecule has 0 aromatic heterocycles. The third-order valence-corrected chi connectivity index (χ3v) is 3.92. The van der Waals surface area contributed by atoms with Crippen LogP contribution in [-0.4, -0.2) is 17.0 Å². The molecule has 0 heterocycles. The first-order valence-electron chi connectivity index (χ1n) is 7.69. The van der Waals surface area contributed by atoms with Gasteiger partial charge in [-0.2, -0.15) is 0 Å². The highest BCUT2D eigenvalue weighted by molar-refractivity contribution is 5.91. The third kappa shape index (κ3) is 3.43. The normalized spacial score (nSPS) is 11.8. The first-order valence-corrected chi connectivity index (χ1v) is 7.69. The van der Waals surface area contributed by atoms with Crippen LogP contribution in [0.3, 0.4) is 0 Å². The molecular formula is C20H17NO3. The summed E-state index contributed by atoms with van der Waals surface area (Å²) in [6.45, 7) is 0. The summed E-state index contributed by atoms with van der Waals surface area (Å²) >= 11 is 0. The second-order valence-corrected chi connectivity index (χ2v) is 5.56. The van der Waals surface area contributed by atoms with E-state index in [0.717, 1.165) is 16.3 Å². The molecule has 1 amide bonds. The van der Waals surface area contributed by atoms with Crippen LogP contribution in [0.2, 0.25) is 0 Å². The summed E-state index contributed by atoms with van der Waals surface area (Å²) in [5, 5.41) is 14.1. The smallest absolute Gasteiger partial charge is 0.330 e. The molecule has 4 heteroatoms. The van der Waals surface area contributed by atoms with Crippen LogP contribution < -0.4 is 5.32 Å². The monoisotopic (exact) mass is 319 g/mol. The average Bonchev–Trinajstić information content (AvgIpc) is 2.60. The van der Waals surface area contributed by atoms with Gasteiger partial charge >= 0.3 is 5.97 Å². The van der Waals surface area contributed by atoms with Crippen LogP contribution in [0.5, 0.6) is 0 Å². The number of hydrogen-bond donors (Lipinski definition) is 2. The van der Waals surface area contributed by atoms with Crippen molar-refractivity contribution in [3.05, 3.63) is 83.9 Å². The van der Waals surface area contributed by atoms with E-state index in [-0.39, 0.29) is 12.3 Å². The van der Waals surface area contributed by atoms with Gasteiger partial charge in [-0.3, -0.25) is 4.79 Å². The van der Waals surface area contributed by atoms with Crippen LogP contribution in [0, 0.1) is 0 Å². The molecule has 0 aliphatic carbocycles. The summed E-state index contributed by atoms with van der Waals surface area (Å²) in [6, 6.07) is 21.2. The molecule has 24 heavy (non-hydrogen) atoms. The number of hydrogen-bond acceptors (Lipinski definition) is 2. The van der Waals surface area contributed by atoms with Crippen LogP contribution in [0.25, 0.3) is 10.8 Å². The largest absolute Gasteiger partial charge is 0.479 e. The molecule has 4 nitrogen and oxygen atoms in total. The minimum absolute atomic E-state index is 0.137. The van der Waals surface area contributed by atoms with Crippen molar-refractivity contribution in [2.75, 3.05) is 0 Å². The highest BCUT2D eigenvalue weighted by Gasteiger charge is 2.22. The quantitative estimate of drug-likeness (QED) is 0.758. The molecule has 0 saturated heterocycles. The molecule has 3 rings (SSSR count). The molecule has 0 saturated carbocycles. The van der Waals surface area contributed by atoms with Crippen LogP contribution in [-0.2, 0) is 16.0 Å². The summed E-state index contributed by atoms with van der Waals surface area (Å²) in [4.78, 5) is 23.9. The van der Waals surface area contributed by atoms with Gasteiger partial charge in [-0.15, -0.1) is 0 Å². The van der Waals surface area contributed by atoms with Gasteiger partial charge < -0.3 is 10.4 Å². The van der Waals surface area contributed by atoms with Gasteiger partial charge in [0.25, 0.3) is 0 Å². The highest BCUT2D eigenvalue weighted by Crippen LogP contribution is 2.19. The maximum atomic E-state index is 12.4. The summed E-state index contributed by atoms with van der Waals surface area (Å²) in [5.41, 5.74) is 1.43. The molecular weight excluding hydrogens is 302 g/mol. The van der Waals surface area contributed by atoms with Gasteiger partial charge in [0.15, 0.2) is 6.04 Å². The molecule has 120 valence electrons. The molecule has 2 N–H and O–H groups in total. The van der Waals surface area contributed by atoms with Gasteiger partial charge in [0.1, 0.15) is 0 Å². The fourth-order valence-electron chi connectivity index (χ4n) is 2.76. The molecule has 0 bridgehead atoms. The van der Waals surface area contributed by atoms with Gasteiger partial charge in [0.2, 0.25) is 5.91 Å². The Hall–Kier alpha value is -3.14. The van der Waals surface area contributed by atoms with Crippen LogP contribution >= 0.6 is 0 Å². The molecule has 0 spiro atoms. The number of carbonyl (C=O) groups is 2. The van der Waals surface area contributed by atoms with Crippen molar-refractivity contribution < 1.29 is 14.7 Å². The second kappa shape index (κ2) is 6.96. The topological polar surface area (TPSA) is 66.4 Å². The number of carboxylic acid groups (broad SMARTS) is 1. The lowest BCUT2D eigenvalue weighted by atomic mass is 10.0. The van der Waals surface area contributed by atoms with Crippen LogP contribution in [0.4, 0.5) is 0 Å². The van der Waals surface area contributed by atoms with E-state index in [1.807, 2.05) is 42.5 Å². The van der Waals surface area contributed by atoms with Gasteiger partial charge in [-0.25, -0.2) is 4.79 Å². The summed E-state index contributed by atoms with van der Waals surface area (Å²) in [5.74, 6) is -1.39. The van der Waals surface area contributed by atoms with E-state index in [1.54, 1.807) is 30.3 Å². The van der Waals surface area contributed by atoms with E-state index in [0.29, 0.717) is 5.56 Å². The number of benzene rings is 3. The molecule has 0 unspecified atom stereocenters. The van der Waals surface area contributed by atoms with Crippen molar-refractivity contribution in [2.24, 2.45) is 0 Å². The number of nitrogens with one attached hydrogen (secondary N) is 1. The molecule has 0 aliphatic heterocycles. The van der Waals surface area contributed by atoms with E-state index in [2.05, 4.69) is 5.32 Å². The summed E-state index contributed by atoms with van der Waals surface area (Å²) < 4.78 is 0. The summed E-state index contributed by atoms with van der Waals surface area (Å²) in [6.07, 6.45) is 0.137. The van der Waals surface area contributed by atoms with E-state index in [1.165, 1.54) is 0 Å². The minimum atomic E-state index is -1.08. The highest BCUT2D eigenvalue weighted by atomic mass is 16.4. The first-order chi connectivity index (χ1) is 11.6. The van der Waals surface area contributed by atoms with Crippen molar-refractivity contribution in [3.63, 3.8) is 0 Å². The van der Waals surface area contributed by atoms with Crippen molar-refractivity contribution in [1.82, 2.24) is 5.32 Å². The number of carboxylic acids is 1. The number of carbonyl (C=O) groups excluding carboxylic acids is 1. The molecule has 0 radical (unpaired) electrons. The Morgan fingerprint density at radius 1 is 0.875 bits per heavy atom. The van der Waals surface area contributed by atoms with E-state index in [4.69, 9.17) is 0 Å². The Kier molecular flexibility index (Phi) is 4.57. The first kappa shape index (κ1) is 15.7. The van der Waals surface area contributed by atoms with Gasteiger partial charge in [0, 0.05) is 0 Å². The predicted molar refractivity (Wildman–Crippen MR) is 92.6 cm³/mol. The van der Waals surface area contributed by atoms with Crippen LogP contribution in [0.1, 0.15) is 17.2 Å². The Balaban J connectivity index is 1.80. The summed E-state index contributed by atoms with van der Waals surface area (Å²) in [7, 11) is 0. The maximum absolute atomic E-state index is 12.4. The van der Waals surface area contributed by atoms with Crippen molar-refractivity contribution in [2.45, 2.75) is 12.5 Å². The Bertz CT molecular complexity index is 869. The number of rotatable bonds is 5. The Morgan fingerprint density at radius 2 is 1.54 bits per heavy atom. The lowest BCUT2D eigenvalue weighted by molar-refractivity contribution is -0.141. The fourth-order valence-corrected chi connectivity index (χ4v) is 2.76. The van der Waals surface area contributed by atoms with E-state index in [9.17, 15) is 14.7 Å². The minimum Gasteiger partial charge on any atom is -0.479 e. The fraction of sp³-hybridized carbons (Fsp3) is 0.100. The van der Waals surface area contributed by atoms with Crippen molar-refractivity contribution in [1.29, 1.82) is 0 Å². The lowest BCUT2D eigenvalue weighted by Crippen LogP contribution is -2.34. The predicted octanol–water partition coefficient (Wildman–Crippen LogP) is 3.32. The van der Waals surface area contributed by atoms with Gasteiger partial charge in [-0.05, 0) is 21.9 Å². The van der Waals surface area contributed by atoms with Gasteiger partial charge in [0.05, 0.1) is 6.42 Å². The van der Waals surface area contributed by atoms with Gasteiger partial charge in [-0.1, -0.05) is 72.8 Å².